The lowest BCUT2D eigenvalue weighted by molar-refractivity contribution is -0.127. The molecule has 2 aromatic rings. The van der Waals surface area contributed by atoms with Crippen LogP contribution in [0.15, 0.2) is 48.5 Å². The number of likely N-dealkylation sites (tertiary alicyclic amines) is 2. The third-order valence-electron chi connectivity index (χ3n) is 7.44. The minimum absolute atomic E-state index is 0. The zero-order valence-electron chi connectivity index (χ0n) is 21.6. The molecule has 6 rings (SSSR count). The molecule has 2 spiro atoms. The number of rotatable bonds is 1. The number of nitrogens with one attached hydrogen (secondary N) is 1. The molecule has 0 bridgehead atoms. The van der Waals surface area contributed by atoms with Gasteiger partial charge in [0, 0.05) is 82.7 Å². The average molecular weight is 539 g/mol. The van der Waals surface area contributed by atoms with Crippen LogP contribution in [0.3, 0.4) is 0 Å². The molecular weight excluding hydrogens is 507 g/mol. The first-order valence-corrected chi connectivity index (χ1v) is 12.3. The summed E-state index contributed by atoms with van der Waals surface area (Å²) in [7, 11) is 3.76. The van der Waals surface area contributed by atoms with E-state index in [1.54, 1.807) is 0 Å². The van der Waals surface area contributed by atoms with Gasteiger partial charge in [-0.05, 0) is 48.5 Å². The fraction of sp³-hybridized carbons (Fsp3) is 0.429. The molecule has 200 valence electrons. The lowest BCUT2D eigenvalue weighted by atomic mass is 9.78. The van der Waals surface area contributed by atoms with E-state index in [4.69, 9.17) is 10.5 Å². The van der Waals surface area contributed by atoms with Crippen LogP contribution in [0.2, 0.25) is 0 Å². The normalized spacial score (nSPS) is 19.7. The summed E-state index contributed by atoms with van der Waals surface area (Å²) in [5.74, 6) is 0.255. The van der Waals surface area contributed by atoms with Gasteiger partial charge in [0.15, 0.2) is 0 Å². The molecule has 8 nitrogen and oxygen atoms in total. The van der Waals surface area contributed by atoms with E-state index in [1.807, 2.05) is 54.2 Å². The molecule has 4 aliphatic heterocycles. The highest BCUT2D eigenvalue weighted by Gasteiger charge is 2.50. The van der Waals surface area contributed by atoms with Gasteiger partial charge in [0.25, 0.3) is 0 Å². The van der Waals surface area contributed by atoms with Gasteiger partial charge in [0.05, 0.1) is 23.3 Å². The monoisotopic (exact) mass is 538 g/mol. The summed E-state index contributed by atoms with van der Waals surface area (Å²) in [6, 6.07) is 17.0. The molecule has 38 heavy (non-hydrogen) atoms. The SMILES string of the molecule is CN1CC2(CC1=O)CN(c1ccc(C#N)cc1)C2.CN1CC2(CNC2)CC1=O.Cl.N#Cc1ccc(F)cc1. The Bertz CT molecular complexity index is 1230. The van der Waals surface area contributed by atoms with Crippen LogP contribution in [-0.2, 0) is 9.59 Å². The molecule has 4 heterocycles. The van der Waals surface area contributed by atoms with Crippen molar-refractivity contribution in [2.45, 2.75) is 12.8 Å². The molecule has 2 aromatic carbocycles. The molecular formula is C28H32ClFN6O2. The van der Waals surface area contributed by atoms with Crippen LogP contribution in [-0.4, -0.2) is 75.0 Å². The van der Waals surface area contributed by atoms with Crippen molar-refractivity contribution >= 4 is 29.9 Å². The Labute approximate surface area is 229 Å². The second-order valence-corrected chi connectivity index (χ2v) is 10.6. The molecule has 4 aliphatic rings. The Kier molecular flexibility index (Phi) is 8.98. The van der Waals surface area contributed by atoms with E-state index in [-0.39, 0.29) is 29.5 Å². The number of halogens is 2. The maximum Gasteiger partial charge on any atom is 0.223 e. The van der Waals surface area contributed by atoms with Crippen molar-refractivity contribution in [3.8, 4) is 12.1 Å². The van der Waals surface area contributed by atoms with Crippen LogP contribution in [0.25, 0.3) is 0 Å². The molecule has 0 unspecified atom stereocenters. The Morgan fingerprint density at radius 1 is 0.763 bits per heavy atom. The van der Waals surface area contributed by atoms with E-state index >= 15 is 0 Å². The van der Waals surface area contributed by atoms with E-state index in [0.717, 1.165) is 51.4 Å². The highest BCUT2D eigenvalue weighted by Crippen LogP contribution is 2.41. The smallest absolute Gasteiger partial charge is 0.223 e. The second kappa shape index (κ2) is 11.8. The first-order chi connectivity index (χ1) is 17.7. The van der Waals surface area contributed by atoms with Crippen LogP contribution in [0, 0.1) is 39.3 Å². The van der Waals surface area contributed by atoms with Gasteiger partial charge in [-0.15, -0.1) is 12.4 Å². The van der Waals surface area contributed by atoms with E-state index < -0.39 is 0 Å². The molecule has 4 fully saturated rings. The first-order valence-electron chi connectivity index (χ1n) is 12.3. The second-order valence-electron chi connectivity index (χ2n) is 10.6. The van der Waals surface area contributed by atoms with Gasteiger partial charge in [-0.3, -0.25) is 9.59 Å². The van der Waals surface area contributed by atoms with E-state index in [2.05, 4.69) is 16.3 Å². The van der Waals surface area contributed by atoms with Gasteiger partial charge in [0.2, 0.25) is 11.8 Å². The number of nitrogens with zero attached hydrogens (tertiary/aromatic N) is 5. The number of hydrogen-bond donors (Lipinski definition) is 1. The molecule has 2 amide bonds. The number of anilines is 1. The molecule has 0 aliphatic carbocycles. The highest BCUT2D eigenvalue weighted by molar-refractivity contribution is 5.85. The largest absolute Gasteiger partial charge is 0.370 e. The first kappa shape index (κ1) is 28.9. The van der Waals surface area contributed by atoms with Crippen molar-refractivity contribution < 1.29 is 14.0 Å². The van der Waals surface area contributed by atoms with E-state index in [1.165, 1.54) is 24.3 Å². The number of nitriles is 2. The van der Waals surface area contributed by atoms with Gasteiger partial charge in [-0.25, -0.2) is 4.39 Å². The lowest BCUT2D eigenvalue weighted by Crippen LogP contribution is -2.57. The zero-order valence-corrected chi connectivity index (χ0v) is 22.4. The third-order valence-corrected chi connectivity index (χ3v) is 7.44. The van der Waals surface area contributed by atoms with Gasteiger partial charge >= 0.3 is 0 Å². The number of carbonyl (C=O) groups is 2. The number of amides is 2. The van der Waals surface area contributed by atoms with Crippen LogP contribution in [0.4, 0.5) is 10.1 Å². The molecule has 0 atom stereocenters. The van der Waals surface area contributed by atoms with Crippen molar-refractivity contribution in [2.75, 3.05) is 58.3 Å². The summed E-state index contributed by atoms with van der Waals surface area (Å²) < 4.78 is 12.1. The van der Waals surface area contributed by atoms with E-state index in [0.29, 0.717) is 28.9 Å². The van der Waals surface area contributed by atoms with Gasteiger partial charge in [-0.1, -0.05) is 0 Å². The molecule has 0 saturated carbocycles. The fourth-order valence-electron chi connectivity index (χ4n) is 5.35. The molecule has 1 N–H and O–H groups in total. The molecule has 0 radical (unpaired) electrons. The van der Waals surface area contributed by atoms with Crippen LogP contribution in [0.5, 0.6) is 0 Å². The Morgan fingerprint density at radius 3 is 1.55 bits per heavy atom. The molecule has 0 aromatic heterocycles. The lowest BCUT2D eigenvalue weighted by Gasteiger charge is -2.48. The van der Waals surface area contributed by atoms with Gasteiger partial charge in [-0.2, -0.15) is 10.5 Å². The maximum absolute atomic E-state index is 12.1. The number of benzene rings is 2. The highest BCUT2D eigenvalue weighted by atomic mass is 35.5. The van der Waals surface area contributed by atoms with E-state index in [9.17, 15) is 14.0 Å². The van der Waals surface area contributed by atoms with Crippen molar-refractivity contribution in [1.82, 2.24) is 15.1 Å². The summed E-state index contributed by atoms with van der Waals surface area (Å²) in [4.78, 5) is 28.6. The Balaban J connectivity index is 0.000000170. The summed E-state index contributed by atoms with van der Waals surface area (Å²) in [5.41, 5.74) is 2.80. The maximum atomic E-state index is 12.1. The molecule has 10 heteroatoms. The zero-order chi connectivity index (χ0) is 26.6. The van der Waals surface area contributed by atoms with Crippen molar-refractivity contribution in [1.29, 1.82) is 10.5 Å². The standard InChI is InChI=1S/C14H15N3O.C7H4FN.C7H12N2O.ClH/c1-16-8-14(6-13(16)18)9-17(10-14)12-4-2-11(7-15)3-5-12;8-7-3-1-6(5-9)2-4-7;1-9-5-7(2-6(9)10)3-8-4-7;/h2-5H,6,8-10H2,1H3;1-4H;8H,2-5H2,1H3;1H. The fourth-order valence-corrected chi connectivity index (χ4v) is 5.35. The summed E-state index contributed by atoms with van der Waals surface area (Å²) in [5, 5.41) is 20.2. The van der Waals surface area contributed by atoms with Crippen LogP contribution in [0.1, 0.15) is 24.0 Å². The van der Waals surface area contributed by atoms with Crippen molar-refractivity contribution in [3.63, 3.8) is 0 Å². The van der Waals surface area contributed by atoms with Gasteiger partial charge < -0.3 is 20.0 Å². The topological polar surface area (TPSA) is 103 Å². The summed E-state index contributed by atoms with van der Waals surface area (Å²) in [6.07, 6.45) is 1.44. The minimum Gasteiger partial charge on any atom is -0.370 e. The van der Waals surface area contributed by atoms with Crippen LogP contribution < -0.4 is 10.2 Å². The molecule has 4 saturated heterocycles. The average Bonchev–Trinajstić information content (AvgIpc) is 3.35. The van der Waals surface area contributed by atoms with Crippen molar-refractivity contribution in [3.05, 3.63) is 65.5 Å². The number of carbonyl (C=O) groups excluding carboxylic acids is 2. The Morgan fingerprint density at radius 2 is 1.21 bits per heavy atom. The summed E-state index contributed by atoms with van der Waals surface area (Å²) in [6.45, 7) is 5.77. The third kappa shape index (κ3) is 6.42. The van der Waals surface area contributed by atoms with Crippen LogP contribution >= 0.6 is 12.4 Å². The van der Waals surface area contributed by atoms with Crippen molar-refractivity contribution in [2.24, 2.45) is 10.8 Å². The Hall–Kier alpha value is -3.66. The predicted molar refractivity (Wildman–Crippen MR) is 144 cm³/mol. The quantitative estimate of drug-likeness (QED) is 0.599. The minimum atomic E-state index is -0.311. The number of hydrogen-bond acceptors (Lipinski definition) is 6. The predicted octanol–water partition coefficient (Wildman–Crippen LogP) is 2.78. The van der Waals surface area contributed by atoms with Gasteiger partial charge in [0.1, 0.15) is 5.82 Å². The summed E-state index contributed by atoms with van der Waals surface area (Å²) >= 11 is 0.